The van der Waals surface area contributed by atoms with E-state index in [4.69, 9.17) is 16.9 Å². The lowest BCUT2D eigenvalue weighted by atomic mass is 9.78. The van der Waals surface area contributed by atoms with Gasteiger partial charge in [-0.1, -0.05) is 48.0 Å². The molecule has 1 fully saturated rings. The minimum absolute atomic E-state index is 0.0856. The zero-order valence-electron chi connectivity index (χ0n) is 12.2. The lowest BCUT2D eigenvalue weighted by Crippen LogP contribution is -2.59. The van der Waals surface area contributed by atoms with Crippen molar-refractivity contribution in [1.29, 1.82) is 5.26 Å². The topological polar surface area (TPSA) is 35.8 Å². The Bertz CT molecular complexity index is 721. The number of nitrogens with zero attached hydrogens (tertiary/aromatic N) is 1. The molecule has 1 heterocycles. The van der Waals surface area contributed by atoms with Gasteiger partial charge in [-0.2, -0.15) is 5.26 Å². The molecule has 3 atom stereocenters. The van der Waals surface area contributed by atoms with Gasteiger partial charge in [0.05, 0.1) is 6.07 Å². The van der Waals surface area contributed by atoms with Crippen molar-refractivity contribution < 1.29 is 4.39 Å². The summed E-state index contributed by atoms with van der Waals surface area (Å²) in [5.74, 6) is -0.0856. The van der Waals surface area contributed by atoms with Crippen molar-refractivity contribution in [2.45, 2.75) is 24.9 Å². The number of aryl methyl sites for hydroxylation is 1. The molecule has 2 nitrogen and oxygen atoms in total. The van der Waals surface area contributed by atoms with Gasteiger partial charge in [0.1, 0.15) is 12.7 Å². The molecular formula is C18H16ClFN2. The first-order chi connectivity index (χ1) is 10.6. The summed E-state index contributed by atoms with van der Waals surface area (Å²) in [6.07, 6.45) is 0. The first-order valence-corrected chi connectivity index (χ1v) is 7.60. The highest BCUT2D eigenvalue weighted by atomic mass is 35.5. The van der Waals surface area contributed by atoms with E-state index in [9.17, 15) is 4.39 Å². The summed E-state index contributed by atoms with van der Waals surface area (Å²) in [5, 5.41) is 12.7. The van der Waals surface area contributed by atoms with Crippen LogP contribution in [0.4, 0.5) is 4.39 Å². The largest absolute Gasteiger partial charge is 0.295 e. The minimum Gasteiger partial charge on any atom is -0.295 e. The van der Waals surface area contributed by atoms with Gasteiger partial charge < -0.3 is 0 Å². The van der Waals surface area contributed by atoms with E-state index < -0.39 is 6.67 Å². The predicted octanol–water partition coefficient (Wildman–Crippen LogP) is 4.23. The quantitative estimate of drug-likeness (QED) is 0.920. The molecule has 1 aliphatic heterocycles. The fraction of sp³-hybridized carbons (Fsp3) is 0.278. The summed E-state index contributed by atoms with van der Waals surface area (Å²) < 4.78 is 12.9. The van der Waals surface area contributed by atoms with Crippen LogP contribution in [-0.2, 0) is 0 Å². The Balaban J connectivity index is 1.88. The first-order valence-electron chi connectivity index (χ1n) is 7.22. The third kappa shape index (κ3) is 2.61. The second-order valence-corrected chi connectivity index (χ2v) is 6.07. The Morgan fingerprint density at radius 1 is 1.23 bits per heavy atom. The molecule has 0 unspecified atom stereocenters. The standard InChI is InChI=1S/C18H16ClFN2/c1-11-2-7-14(15(19)8-11)12-3-5-13(6-4-12)18-16(9-20)22-17(18)10-21/h2-8,16-18,22H,9H2,1H3/t16-,17-,18+/m0/s1. The molecule has 1 aliphatic rings. The Kier molecular flexibility index (Phi) is 4.15. The van der Waals surface area contributed by atoms with Crippen LogP contribution in [0.25, 0.3) is 11.1 Å². The third-order valence-electron chi connectivity index (χ3n) is 4.22. The summed E-state index contributed by atoms with van der Waals surface area (Å²) in [7, 11) is 0. The minimum atomic E-state index is -0.464. The van der Waals surface area contributed by atoms with Crippen LogP contribution in [0.1, 0.15) is 17.0 Å². The van der Waals surface area contributed by atoms with E-state index in [-0.39, 0.29) is 18.0 Å². The van der Waals surface area contributed by atoms with Crippen molar-refractivity contribution in [3.05, 3.63) is 58.6 Å². The number of nitrogens with one attached hydrogen (secondary N) is 1. The number of nitriles is 1. The molecule has 2 aromatic rings. The number of benzene rings is 2. The molecule has 0 amide bonds. The normalized spacial score (nSPS) is 23.6. The molecule has 0 aliphatic carbocycles. The van der Waals surface area contributed by atoms with E-state index in [1.54, 1.807) is 0 Å². The number of alkyl halides is 1. The average Bonchev–Trinajstić information content (AvgIpc) is 2.48. The maximum Gasteiger partial charge on any atom is 0.105 e. The van der Waals surface area contributed by atoms with Crippen LogP contribution in [0.5, 0.6) is 0 Å². The van der Waals surface area contributed by atoms with Crippen LogP contribution < -0.4 is 5.32 Å². The number of hydrogen-bond donors (Lipinski definition) is 1. The summed E-state index contributed by atoms with van der Waals surface area (Å²) in [6, 6.07) is 15.4. The van der Waals surface area contributed by atoms with Crippen molar-refractivity contribution in [3.63, 3.8) is 0 Å². The number of rotatable bonds is 3. The van der Waals surface area contributed by atoms with Crippen LogP contribution in [0, 0.1) is 18.3 Å². The highest BCUT2D eigenvalue weighted by Crippen LogP contribution is 2.34. The lowest BCUT2D eigenvalue weighted by Gasteiger charge is -2.41. The number of halogens is 2. The highest BCUT2D eigenvalue weighted by molar-refractivity contribution is 6.33. The van der Waals surface area contributed by atoms with Gasteiger partial charge >= 0.3 is 0 Å². The van der Waals surface area contributed by atoms with E-state index in [0.717, 1.165) is 27.3 Å². The third-order valence-corrected chi connectivity index (χ3v) is 4.54. The van der Waals surface area contributed by atoms with Crippen LogP contribution in [0.3, 0.4) is 0 Å². The molecule has 0 spiro atoms. The maximum atomic E-state index is 12.9. The summed E-state index contributed by atoms with van der Waals surface area (Å²) >= 11 is 6.29. The van der Waals surface area contributed by atoms with Gasteiger partial charge in [0.25, 0.3) is 0 Å². The zero-order valence-corrected chi connectivity index (χ0v) is 12.9. The number of hydrogen-bond acceptors (Lipinski definition) is 2. The van der Waals surface area contributed by atoms with Crippen molar-refractivity contribution in [2.75, 3.05) is 6.67 Å². The Labute approximate surface area is 134 Å². The van der Waals surface area contributed by atoms with Gasteiger partial charge in [0.2, 0.25) is 0 Å². The van der Waals surface area contributed by atoms with E-state index >= 15 is 0 Å². The Hall–Kier alpha value is -1.89. The molecule has 22 heavy (non-hydrogen) atoms. The Morgan fingerprint density at radius 2 is 1.95 bits per heavy atom. The molecular weight excluding hydrogens is 299 g/mol. The van der Waals surface area contributed by atoms with Crippen LogP contribution in [0.15, 0.2) is 42.5 Å². The van der Waals surface area contributed by atoms with Crippen LogP contribution >= 0.6 is 11.6 Å². The van der Waals surface area contributed by atoms with Gasteiger partial charge in [-0.05, 0) is 29.7 Å². The predicted molar refractivity (Wildman–Crippen MR) is 86.7 cm³/mol. The highest BCUT2D eigenvalue weighted by Gasteiger charge is 2.41. The summed E-state index contributed by atoms with van der Waals surface area (Å²) in [4.78, 5) is 0. The molecule has 1 N–H and O–H groups in total. The van der Waals surface area contributed by atoms with E-state index in [1.165, 1.54) is 0 Å². The maximum absolute atomic E-state index is 12.9. The van der Waals surface area contributed by atoms with Gasteiger partial charge in [0.15, 0.2) is 0 Å². The van der Waals surface area contributed by atoms with E-state index in [1.807, 2.05) is 49.4 Å². The Morgan fingerprint density at radius 3 is 2.55 bits per heavy atom. The SMILES string of the molecule is Cc1ccc(-c2ccc([C@H]3[C@H](C#N)N[C@H]3CF)cc2)c(Cl)c1. The average molecular weight is 315 g/mol. The monoisotopic (exact) mass is 314 g/mol. The molecule has 1 saturated heterocycles. The van der Waals surface area contributed by atoms with Gasteiger partial charge in [-0.3, -0.25) is 5.32 Å². The smallest absolute Gasteiger partial charge is 0.105 e. The van der Waals surface area contributed by atoms with Gasteiger partial charge in [-0.25, -0.2) is 4.39 Å². The van der Waals surface area contributed by atoms with Crippen molar-refractivity contribution in [3.8, 4) is 17.2 Å². The lowest BCUT2D eigenvalue weighted by molar-refractivity contribution is 0.210. The van der Waals surface area contributed by atoms with Gasteiger partial charge in [0, 0.05) is 22.5 Å². The second kappa shape index (κ2) is 6.08. The molecule has 0 radical (unpaired) electrons. The molecule has 112 valence electrons. The van der Waals surface area contributed by atoms with Gasteiger partial charge in [-0.15, -0.1) is 0 Å². The fourth-order valence-electron chi connectivity index (χ4n) is 2.97. The van der Waals surface area contributed by atoms with Crippen LogP contribution in [-0.4, -0.2) is 18.8 Å². The van der Waals surface area contributed by atoms with E-state index in [2.05, 4.69) is 11.4 Å². The molecule has 0 saturated carbocycles. The van der Waals surface area contributed by atoms with Crippen molar-refractivity contribution in [1.82, 2.24) is 5.32 Å². The molecule has 4 heteroatoms. The summed E-state index contributed by atoms with van der Waals surface area (Å²) in [5.41, 5.74) is 4.10. The molecule has 3 rings (SSSR count). The second-order valence-electron chi connectivity index (χ2n) is 5.67. The van der Waals surface area contributed by atoms with Crippen molar-refractivity contribution >= 4 is 11.6 Å². The molecule has 2 aromatic carbocycles. The first kappa shape index (κ1) is 15.0. The fourth-order valence-corrected chi connectivity index (χ4v) is 3.32. The molecule has 0 bridgehead atoms. The zero-order chi connectivity index (χ0) is 15.7. The van der Waals surface area contributed by atoms with Crippen LogP contribution in [0.2, 0.25) is 5.02 Å². The van der Waals surface area contributed by atoms with Crippen molar-refractivity contribution in [2.24, 2.45) is 0 Å². The molecule has 0 aromatic heterocycles. The van der Waals surface area contributed by atoms with E-state index in [0.29, 0.717) is 0 Å². The summed E-state index contributed by atoms with van der Waals surface area (Å²) in [6.45, 7) is 1.54.